The van der Waals surface area contributed by atoms with Crippen LogP contribution in [-0.4, -0.2) is 21.6 Å². The van der Waals surface area contributed by atoms with Crippen molar-refractivity contribution in [2.24, 2.45) is 14.1 Å². The summed E-state index contributed by atoms with van der Waals surface area (Å²) in [4.78, 5) is 36.2. The van der Waals surface area contributed by atoms with Crippen LogP contribution in [0.2, 0.25) is 10.0 Å². The lowest BCUT2D eigenvalue weighted by Gasteiger charge is -2.12. The Kier molecular flexibility index (Phi) is 6.48. The summed E-state index contributed by atoms with van der Waals surface area (Å²) in [7, 11) is 2.80. The third-order valence-electron chi connectivity index (χ3n) is 3.74. The summed E-state index contributed by atoms with van der Waals surface area (Å²) in [6.45, 7) is 0.384. The number of nitrogens with one attached hydrogen (secondary N) is 1. The van der Waals surface area contributed by atoms with Gasteiger partial charge in [-0.25, -0.2) is 4.79 Å². The second-order valence-corrected chi connectivity index (χ2v) is 7.08. The summed E-state index contributed by atoms with van der Waals surface area (Å²) in [6.07, 6.45) is 1.37. The number of nitrogens with zero attached hydrogens (tertiary/aromatic N) is 2. The molecule has 0 atom stereocenters. The van der Waals surface area contributed by atoms with E-state index in [2.05, 4.69) is 21.2 Å². The van der Waals surface area contributed by atoms with Gasteiger partial charge in [-0.2, -0.15) is 0 Å². The number of aromatic nitrogens is 2. The first kappa shape index (κ1) is 19.8. The van der Waals surface area contributed by atoms with Crippen molar-refractivity contribution in [1.82, 2.24) is 14.5 Å². The van der Waals surface area contributed by atoms with Gasteiger partial charge < -0.3 is 5.32 Å². The molecule has 2 aromatic rings. The molecule has 9 heteroatoms. The number of halogens is 3. The summed E-state index contributed by atoms with van der Waals surface area (Å²) >= 11 is 14.9. The van der Waals surface area contributed by atoms with Gasteiger partial charge >= 0.3 is 5.69 Å². The van der Waals surface area contributed by atoms with Gasteiger partial charge in [0.2, 0.25) is 0 Å². The van der Waals surface area contributed by atoms with Crippen LogP contribution in [0.3, 0.4) is 0 Å². The fraction of sp³-hybridized carbons (Fsp3) is 0.312. The lowest BCUT2D eigenvalue weighted by molar-refractivity contribution is 0.0942. The molecule has 0 saturated heterocycles. The van der Waals surface area contributed by atoms with E-state index in [9.17, 15) is 14.4 Å². The molecule has 0 bridgehead atoms. The fourth-order valence-electron chi connectivity index (χ4n) is 2.33. The summed E-state index contributed by atoms with van der Waals surface area (Å²) in [6, 6.07) is 5.38. The number of carbonyl (C=O) groups is 1. The van der Waals surface area contributed by atoms with Crippen LogP contribution in [0, 0.1) is 0 Å². The van der Waals surface area contributed by atoms with Crippen LogP contribution < -0.4 is 16.6 Å². The Hall–Kier alpha value is -1.57. The Morgan fingerprint density at radius 3 is 2.48 bits per heavy atom. The highest BCUT2D eigenvalue weighted by molar-refractivity contribution is 9.10. The average Bonchev–Trinajstić information content (AvgIpc) is 2.58. The second-order valence-electron chi connectivity index (χ2n) is 5.48. The van der Waals surface area contributed by atoms with Crippen molar-refractivity contribution in [3.8, 4) is 0 Å². The normalized spacial score (nSPS) is 10.8. The molecule has 0 unspecified atom stereocenters. The summed E-state index contributed by atoms with van der Waals surface area (Å²) in [5.41, 5.74) is -0.105. The largest absolute Gasteiger partial charge is 0.351 e. The van der Waals surface area contributed by atoms with E-state index in [0.717, 1.165) is 14.7 Å². The number of carbonyl (C=O) groups excluding carboxylic acids is 1. The maximum Gasteiger partial charge on any atom is 0.331 e. The topological polar surface area (TPSA) is 73.1 Å². The van der Waals surface area contributed by atoms with Crippen LogP contribution in [0.15, 0.2) is 32.3 Å². The summed E-state index contributed by atoms with van der Waals surface area (Å²) in [5, 5.41) is 3.70. The van der Waals surface area contributed by atoms with Crippen molar-refractivity contribution < 1.29 is 4.79 Å². The summed E-state index contributed by atoms with van der Waals surface area (Å²) in [5.74, 6) is -0.488. The number of aryl methyl sites for hydroxylation is 1. The van der Waals surface area contributed by atoms with Crippen molar-refractivity contribution >= 4 is 45.0 Å². The average molecular weight is 449 g/mol. The lowest BCUT2D eigenvalue weighted by Crippen LogP contribution is -2.42. The number of rotatable bonds is 5. The van der Waals surface area contributed by atoms with Gasteiger partial charge in [0.25, 0.3) is 11.5 Å². The van der Waals surface area contributed by atoms with Crippen molar-refractivity contribution in [2.75, 3.05) is 6.54 Å². The molecule has 6 nitrogen and oxygen atoms in total. The van der Waals surface area contributed by atoms with Gasteiger partial charge in [0.05, 0.1) is 10.0 Å². The van der Waals surface area contributed by atoms with Crippen molar-refractivity contribution in [1.29, 1.82) is 0 Å². The molecule has 0 fully saturated rings. The number of hydrogen-bond acceptors (Lipinski definition) is 3. The first-order valence-electron chi connectivity index (χ1n) is 7.41. The van der Waals surface area contributed by atoms with Crippen molar-refractivity contribution in [2.45, 2.75) is 12.8 Å². The van der Waals surface area contributed by atoms with Crippen LogP contribution >= 0.6 is 39.1 Å². The molecule has 0 aliphatic rings. The zero-order valence-electron chi connectivity index (χ0n) is 13.6. The fourth-order valence-corrected chi connectivity index (χ4v) is 3.36. The van der Waals surface area contributed by atoms with E-state index in [-0.39, 0.29) is 10.2 Å². The maximum absolute atomic E-state index is 12.3. The third-order valence-corrected chi connectivity index (χ3v) is 5.19. The first-order chi connectivity index (χ1) is 11.7. The molecule has 1 heterocycles. The van der Waals surface area contributed by atoms with Gasteiger partial charge in [-0.05, 0) is 46.5 Å². The minimum Gasteiger partial charge on any atom is -0.351 e. The molecule has 1 aromatic heterocycles. The van der Waals surface area contributed by atoms with Crippen molar-refractivity contribution in [3.05, 3.63) is 64.8 Å². The molecule has 1 amide bonds. The van der Waals surface area contributed by atoms with Gasteiger partial charge in [0.1, 0.15) is 10.2 Å². The molecule has 0 aliphatic carbocycles. The standard InChI is InChI=1S/C16H16BrCl2N3O3/c1-21-13(12(17)15(24)22(2)16(21)25)14(23)20-7-3-4-9-5-6-10(18)11(19)8-9/h5-6,8H,3-4,7H2,1-2H3,(H,20,23). The minimum absolute atomic E-state index is 0.00244. The van der Waals surface area contributed by atoms with Gasteiger partial charge in [-0.3, -0.25) is 18.7 Å². The molecule has 1 aromatic carbocycles. The number of amides is 1. The molecule has 25 heavy (non-hydrogen) atoms. The van der Waals surface area contributed by atoms with Gasteiger partial charge in [0.15, 0.2) is 0 Å². The van der Waals surface area contributed by atoms with E-state index in [1.165, 1.54) is 14.1 Å². The molecular weight excluding hydrogens is 433 g/mol. The zero-order valence-corrected chi connectivity index (χ0v) is 16.7. The van der Waals surface area contributed by atoms with Crippen LogP contribution in [0.5, 0.6) is 0 Å². The highest BCUT2D eigenvalue weighted by Gasteiger charge is 2.19. The molecule has 1 N–H and O–H groups in total. The highest BCUT2D eigenvalue weighted by atomic mass is 79.9. The molecule has 0 saturated carbocycles. The molecule has 134 valence electrons. The predicted molar refractivity (Wildman–Crippen MR) is 102 cm³/mol. The summed E-state index contributed by atoms with van der Waals surface area (Å²) < 4.78 is 2.13. The molecule has 0 spiro atoms. The van der Waals surface area contributed by atoms with E-state index in [1.54, 1.807) is 12.1 Å². The number of hydrogen-bond donors (Lipinski definition) is 1. The molecular formula is C16H16BrCl2N3O3. The van der Waals surface area contributed by atoms with Gasteiger partial charge in [-0.15, -0.1) is 0 Å². The van der Waals surface area contributed by atoms with E-state index in [4.69, 9.17) is 23.2 Å². The van der Waals surface area contributed by atoms with Crippen LogP contribution in [0.4, 0.5) is 0 Å². The Morgan fingerprint density at radius 1 is 1.16 bits per heavy atom. The molecule has 0 radical (unpaired) electrons. The Labute approximate surface area is 162 Å². The maximum atomic E-state index is 12.3. The SMILES string of the molecule is Cn1c(C(=O)NCCCc2ccc(Cl)c(Cl)c2)c(Br)c(=O)n(C)c1=O. The lowest BCUT2D eigenvalue weighted by atomic mass is 10.1. The third kappa shape index (κ3) is 4.34. The molecule has 0 aliphatic heterocycles. The second kappa shape index (κ2) is 8.21. The van der Waals surface area contributed by atoms with Crippen LogP contribution in [0.25, 0.3) is 0 Å². The quantitative estimate of drug-likeness (QED) is 0.714. The van der Waals surface area contributed by atoms with E-state index >= 15 is 0 Å². The number of benzene rings is 1. The smallest absolute Gasteiger partial charge is 0.331 e. The highest BCUT2D eigenvalue weighted by Crippen LogP contribution is 2.23. The van der Waals surface area contributed by atoms with Crippen LogP contribution in [0.1, 0.15) is 22.5 Å². The first-order valence-corrected chi connectivity index (χ1v) is 8.96. The van der Waals surface area contributed by atoms with Crippen LogP contribution in [-0.2, 0) is 20.5 Å². The zero-order chi connectivity index (χ0) is 18.7. The minimum atomic E-state index is -0.561. The monoisotopic (exact) mass is 447 g/mol. The Balaban J connectivity index is 2.03. The van der Waals surface area contributed by atoms with E-state index in [1.807, 2.05) is 6.07 Å². The Bertz CT molecular complexity index is 900. The van der Waals surface area contributed by atoms with Crippen molar-refractivity contribution in [3.63, 3.8) is 0 Å². The molecule has 2 rings (SSSR count). The van der Waals surface area contributed by atoms with Gasteiger partial charge in [-0.1, -0.05) is 29.3 Å². The predicted octanol–water partition coefficient (Wildman–Crippen LogP) is 2.52. The van der Waals surface area contributed by atoms with E-state index < -0.39 is 17.2 Å². The van der Waals surface area contributed by atoms with E-state index in [0.29, 0.717) is 29.4 Å². The van der Waals surface area contributed by atoms with Gasteiger partial charge in [0, 0.05) is 20.6 Å². The Morgan fingerprint density at radius 2 is 1.84 bits per heavy atom.